The summed E-state index contributed by atoms with van der Waals surface area (Å²) in [5, 5.41) is 5.64. The van der Waals surface area contributed by atoms with E-state index in [1.165, 1.54) is 5.56 Å². The van der Waals surface area contributed by atoms with Crippen LogP contribution in [0.4, 0.5) is 5.82 Å². The van der Waals surface area contributed by atoms with Gasteiger partial charge in [0.15, 0.2) is 5.65 Å². The Kier molecular flexibility index (Phi) is 5.99. The van der Waals surface area contributed by atoms with Crippen LogP contribution in [0.1, 0.15) is 42.7 Å². The Morgan fingerprint density at radius 3 is 2.57 bits per heavy atom. The van der Waals surface area contributed by atoms with Crippen molar-refractivity contribution in [3.63, 3.8) is 0 Å². The molecular formula is C28H29N5O2. The monoisotopic (exact) mass is 467 g/mol. The van der Waals surface area contributed by atoms with Gasteiger partial charge in [0.1, 0.15) is 11.4 Å². The molecule has 178 valence electrons. The minimum Gasteiger partial charge on any atom is -0.462 e. The lowest BCUT2D eigenvalue weighted by molar-refractivity contribution is 0.0528. The molecule has 0 N–H and O–H groups in total. The highest BCUT2D eigenvalue weighted by Gasteiger charge is 2.22. The summed E-state index contributed by atoms with van der Waals surface area (Å²) in [5.41, 5.74) is 4.97. The lowest BCUT2D eigenvalue weighted by Gasteiger charge is -2.21. The summed E-state index contributed by atoms with van der Waals surface area (Å²) in [7, 11) is 2.02. The van der Waals surface area contributed by atoms with E-state index in [4.69, 9.17) is 9.72 Å². The fourth-order valence-electron chi connectivity index (χ4n) is 4.48. The van der Waals surface area contributed by atoms with Crippen LogP contribution in [0.25, 0.3) is 27.8 Å². The van der Waals surface area contributed by atoms with E-state index in [2.05, 4.69) is 64.9 Å². The van der Waals surface area contributed by atoms with Crippen LogP contribution in [0.5, 0.6) is 0 Å². The largest absolute Gasteiger partial charge is 0.462 e. The van der Waals surface area contributed by atoms with Gasteiger partial charge in [-0.05, 0) is 32.4 Å². The third kappa shape index (κ3) is 4.14. The van der Waals surface area contributed by atoms with Gasteiger partial charge in [-0.15, -0.1) is 0 Å². The summed E-state index contributed by atoms with van der Waals surface area (Å²) in [6, 6.07) is 20.9. The third-order valence-electron chi connectivity index (χ3n) is 6.17. The number of aromatic nitrogens is 4. The molecule has 0 radical (unpaired) electrons. The van der Waals surface area contributed by atoms with Crippen LogP contribution >= 0.6 is 0 Å². The van der Waals surface area contributed by atoms with Crippen molar-refractivity contribution in [3.8, 4) is 11.3 Å². The second kappa shape index (κ2) is 9.25. The number of hydrogen-bond donors (Lipinski definition) is 0. The summed E-state index contributed by atoms with van der Waals surface area (Å²) in [6.45, 7) is 7.10. The van der Waals surface area contributed by atoms with Crippen molar-refractivity contribution in [3.05, 3.63) is 84.2 Å². The molecule has 0 bridgehead atoms. The summed E-state index contributed by atoms with van der Waals surface area (Å²) in [6.07, 6.45) is 3.69. The Hall–Kier alpha value is -4.13. The number of esters is 1. The van der Waals surface area contributed by atoms with Gasteiger partial charge in [0.25, 0.3) is 0 Å². The topological polar surface area (TPSA) is 64.7 Å². The summed E-state index contributed by atoms with van der Waals surface area (Å²) in [4.78, 5) is 19.8. The number of carbonyl (C=O) groups excluding carboxylic acids is 1. The zero-order valence-corrected chi connectivity index (χ0v) is 20.5. The zero-order chi connectivity index (χ0) is 24.5. The summed E-state index contributed by atoms with van der Waals surface area (Å²) < 4.78 is 9.27. The van der Waals surface area contributed by atoms with Crippen LogP contribution in [0.2, 0.25) is 0 Å². The van der Waals surface area contributed by atoms with Gasteiger partial charge >= 0.3 is 5.97 Å². The van der Waals surface area contributed by atoms with Gasteiger partial charge < -0.3 is 14.2 Å². The molecule has 3 heterocycles. The number of rotatable bonds is 7. The molecule has 0 aliphatic rings. The van der Waals surface area contributed by atoms with Crippen LogP contribution in [0.15, 0.2) is 73.1 Å². The molecule has 3 aromatic heterocycles. The average Bonchev–Trinajstić information content (AvgIpc) is 3.46. The van der Waals surface area contributed by atoms with Crippen molar-refractivity contribution in [1.82, 2.24) is 19.2 Å². The second-order valence-corrected chi connectivity index (χ2v) is 8.92. The molecule has 5 aromatic rings. The number of para-hydroxylation sites is 1. The predicted molar refractivity (Wildman–Crippen MR) is 139 cm³/mol. The molecule has 5 rings (SSSR count). The van der Waals surface area contributed by atoms with Crippen molar-refractivity contribution in [2.24, 2.45) is 0 Å². The van der Waals surface area contributed by atoms with Gasteiger partial charge in [-0.2, -0.15) is 9.61 Å². The molecule has 2 aromatic carbocycles. The van der Waals surface area contributed by atoms with E-state index >= 15 is 0 Å². The van der Waals surface area contributed by atoms with Gasteiger partial charge in [0.05, 0.1) is 18.5 Å². The molecule has 0 amide bonds. The molecule has 0 aliphatic heterocycles. The first-order chi connectivity index (χ1) is 17.0. The molecular weight excluding hydrogens is 438 g/mol. The van der Waals surface area contributed by atoms with Crippen molar-refractivity contribution in [1.29, 1.82) is 0 Å². The predicted octanol–water partition coefficient (Wildman–Crippen LogP) is 5.75. The standard InChI is InChI=1S/C28H29N5O2/c1-5-35-28(34)22-16-29-33-26(31(4)17-20-11-7-6-8-12-20)15-24(30-27(22)33)23-18-32(19(2)3)25-14-10-9-13-21(23)25/h6-16,18-19H,5,17H2,1-4H3. The van der Waals surface area contributed by atoms with Crippen LogP contribution in [-0.4, -0.2) is 38.8 Å². The summed E-state index contributed by atoms with van der Waals surface area (Å²) in [5.74, 6) is 0.416. The van der Waals surface area contributed by atoms with E-state index in [9.17, 15) is 4.79 Å². The van der Waals surface area contributed by atoms with Crippen LogP contribution < -0.4 is 4.90 Å². The second-order valence-electron chi connectivity index (χ2n) is 8.92. The van der Waals surface area contributed by atoms with Crippen molar-refractivity contribution in [2.45, 2.75) is 33.4 Å². The maximum Gasteiger partial charge on any atom is 0.343 e. The summed E-state index contributed by atoms with van der Waals surface area (Å²) >= 11 is 0. The Balaban J connectivity index is 1.72. The van der Waals surface area contributed by atoms with Gasteiger partial charge in [0, 0.05) is 48.4 Å². The number of carbonyl (C=O) groups is 1. The quantitative estimate of drug-likeness (QED) is 0.285. The zero-order valence-electron chi connectivity index (χ0n) is 20.5. The molecule has 0 fully saturated rings. The minimum atomic E-state index is -0.423. The first kappa shape index (κ1) is 22.7. The molecule has 0 atom stereocenters. The van der Waals surface area contributed by atoms with Crippen LogP contribution in [-0.2, 0) is 11.3 Å². The first-order valence-electron chi connectivity index (χ1n) is 11.9. The average molecular weight is 468 g/mol. The Labute approximate surface area is 204 Å². The van der Waals surface area contributed by atoms with E-state index in [0.29, 0.717) is 30.4 Å². The Morgan fingerprint density at radius 2 is 1.83 bits per heavy atom. The number of benzene rings is 2. The van der Waals surface area contributed by atoms with E-state index in [1.807, 2.05) is 37.4 Å². The Morgan fingerprint density at radius 1 is 1.09 bits per heavy atom. The maximum absolute atomic E-state index is 12.7. The number of hydrogen-bond acceptors (Lipinski definition) is 5. The number of anilines is 1. The lowest BCUT2D eigenvalue weighted by Crippen LogP contribution is -2.20. The van der Waals surface area contributed by atoms with E-state index in [0.717, 1.165) is 28.0 Å². The van der Waals surface area contributed by atoms with E-state index < -0.39 is 5.97 Å². The SMILES string of the molecule is CCOC(=O)c1cnn2c(N(C)Cc3ccccc3)cc(-c3cn(C(C)C)c4ccccc34)nc12. The highest BCUT2D eigenvalue weighted by Crippen LogP contribution is 2.34. The number of nitrogens with zero attached hydrogens (tertiary/aromatic N) is 5. The fraction of sp³-hybridized carbons (Fsp3) is 0.250. The highest BCUT2D eigenvalue weighted by molar-refractivity contribution is 5.98. The van der Waals surface area contributed by atoms with Gasteiger partial charge in [-0.3, -0.25) is 0 Å². The van der Waals surface area contributed by atoms with Gasteiger partial charge in [-0.1, -0.05) is 48.5 Å². The molecule has 35 heavy (non-hydrogen) atoms. The van der Waals surface area contributed by atoms with Crippen LogP contribution in [0, 0.1) is 0 Å². The minimum absolute atomic E-state index is 0.290. The van der Waals surface area contributed by atoms with Crippen LogP contribution in [0.3, 0.4) is 0 Å². The van der Waals surface area contributed by atoms with Gasteiger partial charge in [-0.25, -0.2) is 9.78 Å². The van der Waals surface area contributed by atoms with Crippen molar-refractivity contribution in [2.75, 3.05) is 18.6 Å². The first-order valence-corrected chi connectivity index (χ1v) is 11.9. The third-order valence-corrected chi connectivity index (χ3v) is 6.17. The molecule has 0 saturated heterocycles. The maximum atomic E-state index is 12.7. The van der Waals surface area contributed by atoms with Crippen molar-refractivity contribution >= 4 is 28.3 Å². The van der Waals surface area contributed by atoms with E-state index in [1.54, 1.807) is 17.6 Å². The van der Waals surface area contributed by atoms with Gasteiger partial charge in [0.2, 0.25) is 0 Å². The highest BCUT2D eigenvalue weighted by atomic mass is 16.5. The van der Waals surface area contributed by atoms with Crippen molar-refractivity contribution < 1.29 is 9.53 Å². The normalized spacial score (nSPS) is 11.5. The molecule has 0 saturated carbocycles. The number of fused-ring (bicyclic) bond motifs is 2. The number of ether oxygens (including phenoxy) is 1. The lowest BCUT2D eigenvalue weighted by atomic mass is 10.1. The smallest absolute Gasteiger partial charge is 0.343 e. The molecule has 7 nitrogen and oxygen atoms in total. The molecule has 0 aliphatic carbocycles. The fourth-order valence-corrected chi connectivity index (χ4v) is 4.48. The molecule has 7 heteroatoms. The Bertz CT molecular complexity index is 1500. The molecule has 0 unspecified atom stereocenters. The van der Waals surface area contributed by atoms with E-state index in [-0.39, 0.29) is 0 Å². The molecule has 0 spiro atoms.